The fraction of sp³-hybridized carbons (Fsp3) is 0.625. The number of hydrogen-bond donors (Lipinski definition) is 1. The fourth-order valence-electron chi connectivity index (χ4n) is 3.07. The lowest BCUT2D eigenvalue weighted by Gasteiger charge is -2.29. The Labute approximate surface area is 115 Å². The van der Waals surface area contributed by atoms with Gasteiger partial charge in [-0.1, -0.05) is 26.0 Å². The third-order valence-corrected chi connectivity index (χ3v) is 3.78. The van der Waals surface area contributed by atoms with Crippen LogP contribution in [0.4, 0.5) is 0 Å². The molecule has 0 fully saturated rings. The highest BCUT2D eigenvalue weighted by molar-refractivity contribution is 5.56. The molecule has 1 aromatic rings. The van der Waals surface area contributed by atoms with Crippen LogP contribution in [0.3, 0.4) is 0 Å². The average molecular weight is 261 g/mol. The summed E-state index contributed by atoms with van der Waals surface area (Å²) in [5.41, 5.74) is 2.41. The maximum absolute atomic E-state index is 6.09. The van der Waals surface area contributed by atoms with E-state index in [-0.39, 0.29) is 5.60 Å². The van der Waals surface area contributed by atoms with E-state index < -0.39 is 0 Å². The smallest absolute Gasteiger partial charge is 0.166 e. The van der Waals surface area contributed by atoms with Gasteiger partial charge in [0, 0.05) is 36.1 Å². The predicted molar refractivity (Wildman–Crippen MR) is 76.0 cm³/mol. The van der Waals surface area contributed by atoms with E-state index in [9.17, 15) is 0 Å². The SMILES string of the molecule is CC(C)NC1CCOc2c1ccc1c2OC(C)(C)C1. The Kier molecular flexibility index (Phi) is 2.97. The largest absolute Gasteiger partial charge is 0.489 e. The number of rotatable bonds is 2. The first kappa shape index (κ1) is 12.8. The van der Waals surface area contributed by atoms with Gasteiger partial charge in [-0.15, -0.1) is 0 Å². The Hall–Kier alpha value is -1.22. The van der Waals surface area contributed by atoms with Crippen LogP contribution < -0.4 is 14.8 Å². The zero-order valence-corrected chi connectivity index (χ0v) is 12.2. The zero-order valence-electron chi connectivity index (χ0n) is 12.2. The standard InChI is InChI=1S/C16H23NO2/c1-10(2)17-13-7-8-18-15-12(13)6-5-11-9-16(3,4)19-14(11)15/h5-6,10,13,17H,7-9H2,1-4H3. The summed E-state index contributed by atoms with van der Waals surface area (Å²) in [6, 6.07) is 5.26. The molecular formula is C16H23NO2. The van der Waals surface area contributed by atoms with E-state index in [1.807, 2.05) is 0 Å². The predicted octanol–water partition coefficient (Wildman–Crippen LogP) is 3.22. The summed E-state index contributed by atoms with van der Waals surface area (Å²) in [7, 11) is 0. The molecule has 3 rings (SSSR count). The second kappa shape index (κ2) is 4.41. The lowest BCUT2D eigenvalue weighted by atomic mass is 9.95. The number of ether oxygens (including phenoxy) is 2. The minimum atomic E-state index is -0.112. The zero-order chi connectivity index (χ0) is 13.6. The van der Waals surface area contributed by atoms with Gasteiger partial charge in [-0.05, 0) is 13.8 Å². The highest BCUT2D eigenvalue weighted by Crippen LogP contribution is 2.47. The van der Waals surface area contributed by atoms with Crippen molar-refractivity contribution in [2.75, 3.05) is 6.61 Å². The first-order chi connectivity index (χ1) is 8.96. The van der Waals surface area contributed by atoms with Crippen LogP contribution >= 0.6 is 0 Å². The summed E-state index contributed by atoms with van der Waals surface area (Å²) in [5.74, 6) is 1.94. The van der Waals surface area contributed by atoms with Crippen LogP contribution in [0.1, 0.15) is 51.3 Å². The molecule has 0 aromatic heterocycles. The normalized spacial score (nSPS) is 23.5. The van der Waals surface area contributed by atoms with Crippen molar-refractivity contribution in [2.24, 2.45) is 0 Å². The van der Waals surface area contributed by atoms with Crippen molar-refractivity contribution in [2.45, 2.75) is 58.2 Å². The fourth-order valence-corrected chi connectivity index (χ4v) is 3.07. The molecule has 2 heterocycles. The van der Waals surface area contributed by atoms with Gasteiger partial charge in [0.15, 0.2) is 11.5 Å². The number of fused-ring (bicyclic) bond motifs is 3. The van der Waals surface area contributed by atoms with Crippen molar-refractivity contribution in [1.29, 1.82) is 0 Å². The lowest BCUT2D eigenvalue weighted by Crippen LogP contribution is -2.32. The molecule has 1 unspecified atom stereocenters. The van der Waals surface area contributed by atoms with Crippen LogP contribution in [0.15, 0.2) is 12.1 Å². The molecule has 1 atom stereocenters. The van der Waals surface area contributed by atoms with Crippen LogP contribution in [0.5, 0.6) is 11.5 Å². The van der Waals surface area contributed by atoms with Crippen molar-refractivity contribution in [1.82, 2.24) is 5.32 Å². The maximum atomic E-state index is 6.09. The third-order valence-electron chi connectivity index (χ3n) is 3.78. The second-order valence-corrected chi connectivity index (χ2v) is 6.52. The molecular weight excluding hydrogens is 238 g/mol. The van der Waals surface area contributed by atoms with Gasteiger partial charge >= 0.3 is 0 Å². The Morgan fingerprint density at radius 1 is 1.26 bits per heavy atom. The van der Waals surface area contributed by atoms with E-state index in [0.29, 0.717) is 12.1 Å². The summed E-state index contributed by atoms with van der Waals surface area (Å²) < 4.78 is 12.0. The topological polar surface area (TPSA) is 30.5 Å². The van der Waals surface area contributed by atoms with Crippen LogP contribution in [-0.4, -0.2) is 18.2 Å². The Morgan fingerprint density at radius 3 is 2.79 bits per heavy atom. The highest BCUT2D eigenvalue weighted by Gasteiger charge is 2.35. The Morgan fingerprint density at radius 2 is 2.05 bits per heavy atom. The van der Waals surface area contributed by atoms with E-state index in [2.05, 4.69) is 45.1 Å². The minimum Gasteiger partial charge on any atom is -0.489 e. The summed E-state index contributed by atoms with van der Waals surface area (Å²) in [4.78, 5) is 0. The van der Waals surface area contributed by atoms with E-state index >= 15 is 0 Å². The van der Waals surface area contributed by atoms with Crippen molar-refractivity contribution in [3.05, 3.63) is 23.3 Å². The van der Waals surface area contributed by atoms with Crippen LogP contribution in [-0.2, 0) is 6.42 Å². The Bertz CT molecular complexity index is 494. The molecule has 0 radical (unpaired) electrons. The molecule has 2 aliphatic rings. The van der Waals surface area contributed by atoms with Crippen molar-refractivity contribution < 1.29 is 9.47 Å². The molecule has 3 heteroatoms. The average Bonchev–Trinajstić information content (AvgIpc) is 2.63. The van der Waals surface area contributed by atoms with Crippen molar-refractivity contribution in [3.8, 4) is 11.5 Å². The van der Waals surface area contributed by atoms with Crippen LogP contribution in [0.2, 0.25) is 0 Å². The van der Waals surface area contributed by atoms with Crippen LogP contribution in [0.25, 0.3) is 0 Å². The Balaban J connectivity index is 1.98. The maximum Gasteiger partial charge on any atom is 0.166 e. The minimum absolute atomic E-state index is 0.112. The van der Waals surface area contributed by atoms with Crippen LogP contribution in [0, 0.1) is 0 Å². The molecule has 104 valence electrons. The molecule has 3 nitrogen and oxygen atoms in total. The molecule has 0 saturated carbocycles. The van der Waals surface area contributed by atoms with Gasteiger partial charge in [0.2, 0.25) is 0 Å². The summed E-state index contributed by atoms with van der Waals surface area (Å²) in [6.07, 6.45) is 1.98. The first-order valence-corrected chi connectivity index (χ1v) is 7.20. The molecule has 0 spiro atoms. The molecule has 0 bridgehead atoms. The van der Waals surface area contributed by atoms with Crippen molar-refractivity contribution in [3.63, 3.8) is 0 Å². The summed E-state index contributed by atoms with van der Waals surface area (Å²) in [6.45, 7) is 9.39. The van der Waals surface area contributed by atoms with E-state index in [4.69, 9.17) is 9.47 Å². The number of hydrogen-bond acceptors (Lipinski definition) is 3. The van der Waals surface area contributed by atoms with Gasteiger partial charge < -0.3 is 14.8 Å². The van der Waals surface area contributed by atoms with Gasteiger partial charge in [-0.2, -0.15) is 0 Å². The first-order valence-electron chi connectivity index (χ1n) is 7.20. The second-order valence-electron chi connectivity index (χ2n) is 6.52. The molecule has 0 aliphatic carbocycles. The number of nitrogens with one attached hydrogen (secondary N) is 1. The summed E-state index contributed by atoms with van der Waals surface area (Å²) in [5, 5.41) is 3.61. The van der Waals surface area contributed by atoms with E-state index in [1.54, 1.807) is 0 Å². The molecule has 0 saturated heterocycles. The van der Waals surface area contributed by atoms with E-state index in [1.165, 1.54) is 11.1 Å². The molecule has 1 N–H and O–H groups in total. The summed E-state index contributed by atoms with van der Waals surface area (Å²) >= 11 is 0. The van der Waals surface area contributed by atoms with Gasteiger partial charge in [0.25, 0.3) is 0 Å². The molecule has 1 aromatic carbocycles. The van der Waals surface area contributed by atoms with Gasteiger partial charge in [0.1, 0.15) is 5.60 Å². The van der Waals surface area contributed by atoms with Gasteiger partial charge in [-0.25, -0.2) is 0 Å². The lowest BCUT2D eigenvalue weighted by molar-refractivity contribution is 0.129. The van der Waals surface area contributed by atoms with Crippen molar-refractivity contribution >= 4 is 0 Å². The quantitative estimate of drug-likeness (QED) is 0.886. The molecule has 2 aliphatic heterocycles. The highest BCUT2D eigenvalue weighted by atomic mass is 16.5. The number of benzene rings is 1. The molecule has 0 amide bonds. The van der Waals surface area contributed by atoms with Gasteiger partial charge in [-0.3, -0.25) is 0 Å². The van der Waals surface area contributed by atoms with Gasteiger partial charge in [0.05, 0.1) is 6.61 Å². The van der Waals surface area contributed by atoms with E-state index in [0.717, 1.165) is 30.9 Å². The molecule has 19 heavy (non-hydrogen) atoms. The third kappa shape index (κ3) is 2.32. The monoisotopic (exact) mass is 261 g/mol.